The standard InChI is InChI=1S/C16H25N5O3/c1-10(2)7-19-9-18-14-13(19)15(23)20(6-5-12(17)22)16(24)21(14)8-11(3)4/h9-11H,5-8H2,1-4H3,(H2,17,22). The Morgan fingerprint density at radius 2 is 1.75 bits per heavy atom. The quantitative estimate of drug-likeness (QED) is 0.797. The molecule has 0 aliphatic heterocycles. The second kappa shape index (κ2) is 7.02. The number of nitrogens with zero attached hydrogens (tertiary/aromatic N) is 4. The molecule has 0 bridgehead atoms. The average molecular weight is 335 g/mol. The van der Waals surface area contributed by atoms with Crippen molar-refractivity contribution in [2.75, 3.05) is 0 Å². The van der Waals surface area contributed by atoms with Gasteiger partial charge >= 0.3 is 5.69 Å². The fourth-order valence-electron chi connectivity index (χ4n) is 2.72. The van der Waals surface area contributed by atoms with Gasteiger partial charge in [-0.2, -0.15) is 0 Å². The number of imidazole rings is 1. The van der Waals surface area contributed by atoms with Crippen LogP contribution in [0.4, 0.5) is 0 Å². The van der Waals surface area contributed by atoms with E-state index in [2.05, 4.69) is 4.98 Å². The third-order valence-corrected chi connectivity index (χ3v) is 3.68. The SMILES string of the molecule is CC(C)Cn1cnc2c1c(=O)n(CCC(N)=O)c(=O)n2CC(C)C. The van der Waals surface area contributed by atoms with Crippen LogP contribution in [0.2, 0.25) is 0 Å². The molecule has 0 spiro atoms. The number of hydrogen-bond donors (Lipinski definition) is 1. The Morgan fingerprint density at radius 3 is 2.29 bits per heavy atom. The largest absolute Gasteiger partial charge is 0.370 e. The summed E-state index contributed by atoms with van der Waals surface area (Å²) >= 11 is 0. The minimum absolute atomic E-state index is 0.0199. The van der Waals surface area contributed by atoms with Crippen molar-refractivity contribution in [3.8, 4) is 0 Å². The highest BCUT2D eigenvalue weighted by molar-refractivity contribution is 5.73. The van der Waals surface area contributed by atoms with Gasteiger partial charge in [0, 0.05) is 26.1 Å². The molecule has 0 fully saturated rings. The van der Waals surface area contributed by atoms with Crippen LogP contribution in [0.3, 0.4) is 0 Å². The third-order valence-electron chi connectivity index (χ3n) is 3.68. The third kappa shape index (κ3) is 3.58. The molecule has 0 atom stereocenters. The minimum atomic E-state index is -0.549. The Morgan fingerprint density at radius 1 is 1.12 bits per heavy atom. The summed E-state index contributed by atoms with van der Waals surface area (Å²) in [6.07, 6.45) is 1.54. The fourth-order valence-corrected chi connectivity index (χ4v) is 2.72. The number of nitrogens with two attached hydrogens (primary N) is 1. The van der Waals surface area contributed by atoms with E-state index in [1.54, 1.807) is 10.9 Å². The van der Waals surface area contributed by atoms with Crippen LogP contribution in [0.15, 0.2) is 15.9 Å². The Kier molecular flexibility index (Phi) is 5.26. The predicted molar refractivity (Wildman–Crippen MR) is 91.7 cm³/mol. The summed E-state index contributed by atoms with van der Waals surface area (Å²) in [4.78, 5) is 40.9. The molecule has 0 saturated carbocycles. The number of carbonyl (C=O) groups is 1. The highest BCUT2D eigenvalue weighted by atomic mass is 16.2. The van der Waals surface area contributed by atoms with E-state index in [9.17, 15) is 14.4 Å². The second-order valence-corrected chi connectivity index (χ2v) is 6.92. The molecule has 2 aromatic rings. The van der Waals surface area contributed by atoms with Gasteiger partial charge in [0.25, 0.3) is 5.56 Å². The Labute approximate surface area is 139 Å². The first-order valence-corrected chi connectivity index (χ1v) is 8.19. The maximum atomic E-state index is 12.8. The van der Waals surface area contributed by atoms with Crippen molar-refractivity contribution in [1.29, 1.82) is 0 Å². The Balaban J connectivity index is 2.73. The van der Waals surface area contributed by atoms with E-state index in [0.717, 1.165) is 4.57 Å². The zero-order chi connectivity index (χ0) is 18.0. The van der Waals surface area contributed by atoms with Crippen LogP contribution in [0.5, 0.6) is 0 Å². The maximum Gasteiger partial charge on any atom is 0.332 e. The highest BCUT2D eigenvalue weighted by Crippen LogP contribution is 2.11. The van der Waals surface area contributed by atoms with Gasteiger partial charge in [-0.25, -0.2) is 9.78 Å². The number of carbonyl (C=O) groups excluding carboxylic acids is 1. The molecular formula is C16H25N5O3. The van der Waals surface area contributed by atoms with Crippen molar-refractivity contribution in [2.45, 2.75) is 53.8 Å². The summed E-state index contributed by atoms with van der Waals surface area (Å²) in [5.41, 5.74) is 5.09. The summed E-state index contributed by atoms with van der Waals surface area (Å²) in [5, 5.41) is 0. The Hall–Kier alpha value is -2.38. The molecule has 132 valence electrons. The van der Waals surface area contributed by atoms with Gasteiger partial charge in [-0.1, -0.05) is 27.7 Å². The highest BCUT2D eigenvalue weighted by Gasteiger charge is 2.19. The molecule has 2 rings (SSSR count). The van der Waals surface area contributed by atoms with E-state index in [1.807, 2.05) is 27.7 Å². The van der Waals surface area contributed by atoms with Gasteiger partial charge < -0.3 is 10.3 Å². The first-order valence-electron chi connectivity index (χ1n) is 8.19. The lowest BCUT2D eigenvalue weighted by molar-refractivity contribution is -0.118. The van der Waals surface area contributed by atoms with Crippen LogP contribution < -0.4 is 17.0 Å². The molecule has 0 aliphatic carbocycles. The fraction of sp³-hybridized carbons (Fsp3) is 0.625. The van der Waals surface area contributed by atoms with Crippen molar-refractivity contribution in [3.63, 3.8) is 0 Å². The number of amides is 1. The lowest BCUT2D eigenvalue weighted by Crippen LogP contribution is -2.42. The minimum Gasteiger partial charge on any atom is -0.370 e. The molecule has 2 heterocycles. The summed E-state index contributed by atoms with van der Waals surface area (Å²) in [6, 6.07) is 0. The van der Waals surface area contributed by atoms with E-state index < -0.39 is 17.2 Å². The predicted octanol–water partition coefficient (Wildman–Crippen LogP) is 0.547. The van der Waals surface area contributed by atoms with Crippen molar-refractivity contribution in [2.24, 2.45) is 17.6 Å². The average Bonchev–Trinajstić information content (AvgIpc) is 2.85. The first kappa shape index (κ1) is 18.0. The van der Waals surface area contributed by atoms with E-state index in [0.29, 0.717) is 30.2 Å². The zero-order valence-corrected chi connectivity index (χ0v) is 14.7. The molecule has 0 saturated heterocycles. The van der Waals surface area contributed by atoms with E-state index >= 15 is 0 Å². The van der Waals surface area contributed by atoms with Crippen molar-refractivity contribution in [1.82, 2.24) is 18.7 Å². The van der Waals surface area contributed by atoms with Gasteiger partial charge in [0.15, 0.2) is 11.2 Å². The van der Waals surface area contributed by atoms with Crippen molar-refractivity contribution in [3.05, 3.63) is 27.2 Å². The zero-order valence-electron chi connectivity index (χ0n) is 14.7. The molecule has 0 unspecified atom stereocenters. The van der Waals surface area contributed by atoms with Gasteiger partial charge in [-0.05, 0) is 11.8 Å². The molecule has 8 nitrogen and oxygen atoms in total. The smallest absolute Gasteiger partial charge is 0.332 e. The monoisotopic (exact) mass is 335 g/mol. The second-order valence-electron chi connectivity index (χ2n) is 6.92. The summed E-state index contributed by atoms with van der Waals surface area (Å²) in [5.74, 6) is -0.0120. The van der Waals surface area contributed by atoms with Gasteiger partial charge in [-0.3, -0.25) is 18.7 Å². The molecule has 8 heteroatoms. The Bertz CT molecular complexity index is 857. The lowest BCUT2D eigenvalue weighted by atomic mass is 10.2. The molecule has 2 N–H and O–H groups in total. The number of primary amides is 1. The van der Waals surface area contributed by atoms with Crippen LogP contribution in [-0.4, -0.2) is 24.6 Å². The summed E-state index contributed by atoms with van der Waals surface area (Å²) in [6.45, 7) is 9.12. The molecule has 2 aromatic heterocycles. The number of rotatable bonds is 7. The van der Waals surface area contributed by atoms with Gasteiger partial charge in [-0.15, -0.1) is 0 Å². The van der Waals surface area contributed by atoms with Crippen molar-refractivity contribution < 1.29 is 4.79 Å². The number of aromatic nitrogens is 4. The topological polar surface area (TPSA) is 105 Å². The van der Waals surface area contributed by atoms with E-state index in [1.165, 1.54) is 4.57 Å². The number of hydrogen-bond acceptors (Lipinski definition) is 4. The first-order chi connectivity index (χ1) is 11.2. The van der Waals surface area contributed by atoms with Crippen LogP contribution in [-0.2, 0) is 24.4 Å². The van der Waals surface area contributed by atoms with E-state index in [-0.39, 0.29) is 18.9 Å². The lowest BCUT2D eigenvalue weighted by Gasteiger charge is -2.14. The van der Waals surface area contributed by atoms with Crippen LogP contribution >= 0.6 is 0 Å². The molecule has 0 radical (unpaired) electrons. The normalized spacial score (nSPS) is 11.8. The molecule has 0 aliphatic rings. The van der Waals surface area contributed by atoms with Crippen molar-refractivity contribution >= 4 is 17.1 Å². The molecule has 24 heavy (non-hydrogen) atoms. The van der Waals surface area contributed by atoms with E-state index in [4.69, 9.17) is 5.73 Å². The molecule has 0 aromatic carbocycles. The van der Waals surface area contributed by atoms with Crippen LogP contribution in [0.1, 0.15) is 34.1 Å². The number of fused-ring (bicyclic) bond motifs is 1. The van der Waals surface area contributed by atoms with Gasteiger partial charge in [0.2, 0.25) is 5.91 Å². The molecule has 1 amide bonds. The summed E-state index contributed by atoms with van der Waals surface area (Å²) in [7, 11) is 0. The van der Waals surface area contributed by atoms with Gasteiger partial charge in [0.05, 0.1) is 6.33 Å². The molecular weight excluding hydrogens is 310 g/mol. The maximum absolute atomic E-state index is 12.8. The van der Waals surface area contributed by atoms with Crippen LogP contribution in [0.25, 0.3) is 11.2 Å². The van der Waals surface area contributed by atoms with Gasteiger partial charge in [0.1, 0.15) is 0 Å². The van der Waals surface area contributed by atoms with Crippen LogP contribution in [0, 0.1) is 11.8 Å². The summed E-state index contributed by atoms with van der Waals surface area (Å²) < 4.78 is 4.38.